The Hall–Kier alpha value is -1.59. The monoisotopic (exact) mass is 319 g/mol. The molecule has 0 saturated carbocycles. The molecule has 1 aromatic carbocycles. The second-order valence-corrected chi connectivity index (χ2v) is 6.47. The van der Waals surface area contributed by atoms with Crippen LogP contribution in [-0.4, -0.2) is 49.3 Å². The molecule has 2 N–H and O–H groups in total. The Bertz CT molecular complexity index is 480. The third kappa shape index (κ3) is 6.59. The fourth-order valence-corrected chi connectivity index (χ4v) is 2.94. The number of nitrogens with one attached hydrogen (secondary N) is 2. The molecule has 1 fully saturated rings. The lowest BCUT2D eigenvalue weighted by Gasteiger charge is -2.35. The Morgan fingerprint density at radius 1 is 1.17 bits per heavy atom. The molecule has 0 spiro atoms. The Balaban J connectivity index is 1.56. The van der Waals surface area contributed by atoms with Gasteiger partial charge in [0.05, 0.1) is 12.2 Å². The highest BCUT2D eigenvalue weighted by atomic mass is 16.5. The Kier molecular flexibility index (Phi) is 6.86. The van der Waals surface area contributed by atoms with Crippen molar-refractivity contribution in [2.24, 2.45) is 0 Å². The summed E-state index contributed by atoms with van der Waals surface area (Å²) in [7, 11) is 0. The van der Waals surface area contributed by atoms with Gasteiger partial charge in [0.2, 0.25) is 0 Å². The molecular weight excluding hydrogens is 290 g/mol. The lowest BCUT2D eigenvalue weighted by molar-refractivity contribution is -0.0681. The van der Waals surface area contributed by atoms with Crippen molar-refractivity contribution in [2.45, 2.75) is 45.8 Å². The maximum atomic E-state index is 11.8. The molecule has 0 radical (unpaired) electrons. The van der Waals surface area contributed by atoms with Gasteiger partial charge in [0.15, 0.2) is 0 Å². The molecule has 1 aliphatic heterocycles. The number of unbranched alkanes of at least 4 members (excludes halogenated alkanes) is 1. The molecule has 2 amide bonds. The topological polar surface area (TPSA) is 53.6 Å². The highest BCUT2D eigenvalue weighted by Crippen LogP contribution is 2.11. The summed E-state index contributed by atoms with van der Waals surface area (Å²) in [5.74, 6) is 0. The van der Waals surface area contributed by atoms with Crippen molar-refractivity contribution in [2.75, 3.05) is 31.5 Å². The van der Waals surface area contributed by atoms with Crippen LogP contribution in [0.1, 0.15) is 32.3 Å². The molecule has 128 valence electrons. The van der Waals surface area contributed by atoms with Gasteiger partial charge in [-0.2, -0.15) is 0 Å². The molecule has 5 nitrogen and oxygen atoms in total. The first-order valence-electron chi connectivity index (χ1n) is 8.52. The molecule has 2 atom stereocenters. The minimum Gasteiger partial charge on any atom is -0.373 e. The van der Waals surface area contributed by atoms with Crippen molar-refractivity contribution in [3.8, 4) is 0 Å². The SMILES string of the molecule is Cc1ccc(NC(=O)NCCCCN2C[C@@H](C)O[C@@H](C)C2)cc1. The molecule has 1 aliphatic rings. The number of carbonyl (C=O) groups excluding carboxylic acids is 1. The number of urea groups is 1. The van der Waals surface area contributed by atoms with Gasteiger partial charge in [-0.05, 0) is 52.3 Å². The molecule has 0 unspecified atom stereocenters. The summed E-state index contributed by atoms with van der Waals surface area (Å²) in [6.07, 6.45) is 2.71. The molecular formula is C18H29N3O2. The molecule has 0 aromatic heterocycles. The van der Waals surface area contributed by atoms with E-state index in [0.29, 0.717) is 18.8 Å². The fourth-order valence-electron chi connectivity index (χ4n) is 2.94. The quantitative estimate of drug-likeness (QED) is 0.793. The summed E-state index contributed by atoms with van der Waals surface area (Å²) in [5.41, 5.74) is 2.01. The Morgan fingerprint density at radius 3 is 2.48 bits per heavy atom. The zero-order valence-electron chi connectivity index (χ0n) is 14.5. The number of anilines is 1. The van der Waals surface area contributed by atoms with Gasteiger partial charge in [0.1, 0.15) is 0 Å². The largest absolute Gasteiger partial charge is 0.373 e. The third-order valence-corrected chi connectivity index (χ3v) is 3.99. The molecule has 2 rings (SSSR count). The van der Waals surface area contributed by atoms with Crippen molar-refractivity contribution >= 4 is 11.7 Å². The van der Waals surface area contributed by atoms with Gasteiger partial charge in [-0.15, -0.1) is 0 Å². The highest BCUT2D eigenvalue weighted by molar-refractivity contribution is 5.89. The van der Waals surface area contributed by atoms with Gasteiger partial charge in [-0.1, -0.05) is 17.7 Å². The van der Waals surface area contributed by atoms with Crippen LogP contribution in [0.2, 0.25) is 0 Å². The zero-order valence-corrected chi connectivity index (χ0v) is 14.5. The maximum Gasteiger partial charge on any atom is 0.319 e. The fraction of sp³-hybridized carbons (Fsp3) is 0.611. The average Bonchev–Trinajstić information content (AvgIpc) is 2.48. The van der Waals surface area contributed by atoms with Gasteiger partial charge in [0, 0.05) is 25.3 Å². The highest BCUT2D eigenvalue weighted by Gasteiger charge is 2.21. The number of hydrogen-bond donors (Lipinski definition) is 2. The average molecular weight is 319 g/mol. The van der Waals surface area contributed by atoms with Crippen molar-refractivity contribution in [3.05, 3.63) is 29.8 Å². The van der Waals surface area contributed by atoms with Crippen LogP contribution in [0, 0.1) is 6.92 Å². The normalized spacial score (nSPS) is 21.9. The number of hydrogen-bond acceptors (Lipinski definition) is 3. The summed E-state index contributed by atoms with van der Waals surface area (Å²) >= 11 is 0. The molecule has 1 aromatic rings. The lowest BCUT2D eigenvalue weighted by Crippen LogP contribution is -2.45. The van der Waals surface area contributed by atoms with Crippen molar-refractivity contribution in [1.29, 1.82) is 0 Å². The minimum atomic E-state index is -0.137. The van der Waals surface area contributed by atoms with Crippen LogP contribution in [0.4, 0.5) is 10.5 Å². The first-order valence-corrected chi connectivity index (χ1v) is 8.52. The van der Waals surface area contributed by atoms with E-state index in [2.05, 4.69) is 29.4 Å². The van der Waals surface area contributed by atoms with E-state index < -0.39 is 0 Å². The van der Waals surface area contributed by atoms with E-state index in [4.69, 9.17) is 4.74 Å². The van der Waals surface area contributed by atoms with E-state index in [1.807, 2.05) is 31.2 Å². The predicted octanol–water partition coefficient (Wildman–Crippen LogP) is 3.01. The van der Waals surface area contributed by atoms with Crippen LogP contribution in [0.25, 0.3) is 0 Å². The van der Waals surface area contributed by atoms with Crippen molar-refractivity contribution < 1.29 is 9.53 Å². The van der Waals surface area contributed by atoms with Crippen LogP contribution in [0.3, 0.4) is 0 Å². The van der Waals surface area contributed by atoms with Crippen LogP contribution in [0.5, 0.6) is 0 Å². The van der Waals surface area contributed by atoms with Crippen LogP contribution < -0.4 is 10.6 Å². The first kappa shape index (κ1) is 17.8. The minimum absolute atomic E-state index is 0.137. The number of aryl methyl sites for hydroxylation is 1. The number of carbonyl (C=O) groups is 1. The summed E-state index contributed by atoms with van der Waals surface area (Å²) < 4.78 is 5.73. The standard InChI is InChI=1S/C18H29N3O2/c1-14-6-8-17(9-7-14)20-18(22)19-10-4-5-11-21-12-15(2)23-16(3)13-21/h6-9,15-16H,4-5,10-13H2,1-3H3,(H2,19,20,22)/t15-,16+. The molecule has 1 saturated heterocycles. The second-order valence-electron chi connectivity index (χ2n) is 6.47. The number of ether oxygens (including phenoxy) is 1. The van der Waals surface area contributed by atoms with E-state index in [1.165, 1.54) is 5.56 Å². The van der Waals surface area contributed by atoms with E-state index in [9.17, 15) is 4.79 Å². The second kappa shape index (κ2) is 8.89. The van der Waals surface area contributed by atoms with Crippen molar-refractivity contribution in [1.82, 2.24) is 10.2 Å². The zero-order chi connectivity index (χ0) is 16.7. The maximum absolute atomic E-state index is 11.8. The Morgan fingerprint density at radius 2 is 1.83 bits per heavy atom. The third-order valence-electron chi connectivity index (χ3n) is 3.99. The van der Waals surface area contributed by atoms with E-state index in [-0.39, 0.29) is 6.03 Å². The number of benzene rings is 1. The summed E-state index contributed by atoms with van der Waals surface area (Å²) in [6, 6.07) is 7.66. The van der Waals surface area contributed by atoms with E-state index in [0.717, 1.165) is 38.2 Å². The van der Waals surface area contributed by atoms with Gasteiger partial charge in [-0.25, -0.2) is 4.79 Å². The smallest absolute Gasteiger partial charge is 0.319 e. The van der Waals surface area contributed by atoms with Crippen LogP contribution >= 0.6 is 0 Å². The Labute approximate surface area is 139 Å². The van der Waals surface area contributed by atoms with Gasteiger partial charge in [0.25, 0.3) is 0 Å². The van der Waals surface area contributed by atoms with Gasteiger partial charge >= 0.3 is 6.03 Å². The van der Waals surface area contributed by atoms with Crippen LogP contribution in [0.15, 0.2) is 24.3 Å². The number of rotatable bonds is 6. The molecule has 5 heteroatoms. The molecule has 1 heterocycles. The molecule has 23 heavy (non-hydrogen) atoms. The van der Waals surface area contributed by atoms with Crippen LogP contribution in [-0.2, 0) is 4.74 Å². The van der Waals surface area contributed by atoms with E-state index in [1.54, 1.807) is 0 Å². The van der Waals surface area contributed by atoms with E-state index >= 15 is 0 Å². The summed E-state index contributed by atoms with van der Waals surface area (Å²) in [4.78, 5) is 14.2. The summed E-state index contributed by atoms with van der Waals surface area (Å²) in [5, 5.41) is 5.75. The van der Waals surface area contributed by atoms with Crippen molar-refractivity contribution in [3.63, 3.8) is 0 Å². The predicted molar refractivity (Wildman–Crippen MR) is 93.9 cm³/mol. The van der Waals surface area contributed by atoms with Gasteiger partial charge < -0.3 is 15.4 Å². The number of morpholine rings is 1. The lowest BCUT2D eigenvalue weighted by atomic mass is 10.2. The first-order chi connectivity index (χ1) is 11.0. The van der Waals surface area contributed by atoms with Gasteiger partial charge in [-0.3, -0.25) is 4.90 Å². The summed E-state index contributed by atoms with van der Waals surface area (Å²) in [6.45, 7) is 10.1. The number of nitrogens with zero attached hydrogens (tertiary/aromatic N) is 1. The number of amides is 2. The molecule has 0 aliphatic carbocycles. The molecule has 0 bridgehead atoms.